The van der Waals surface area contributed by atoms with Crippen molar-refractivity contribution in [3.8, 4) is 0 Å². The highest BCUT2D eigenvalue weighted by molar-refractivity contribution is 7.89. The Bertz CT molecular complexity index is 519. The predicted molar refractivity (Wildman–Crippen MR) is 92.9 cm³/mol. The maximum absolute atomic E-state index is 12.4. The Balaban J connectivity index is 2.55. The van der Waals surface area contributed by atoms with Gasteiger partial charge >= 0.3 is 0 Å². The molecule has 6 heteroatoms. The molecule has 0 aliphatic heterocycles. The van der Waals surface area contributed by atoms with Crippen molar-refractivity contribution < 1.29 is 13.2 Å². The average Bonchev–Trinajstić information content (AvgIpc) is 2.94. The molecule has 22 heavy (non-hydrogen) atoms. The molecule has 0 saturated heterocycles. The van der Waals surface area contributed by atoms with Crippen molar-refractivity contribution in [2.45, 2.75) is 63.9 Å². The molecule has 1 aromatic heterocycles. The van der Waals surface area contributed by atoms with Gasteiger partial charge in [0.15, 0.2) is 0 Å². The lowest BCUT2D eigenvalue weighted by Gasteiger charge is -2.14. The van der Waals surface area contributed by atoms with Crippen LogP contribution in [0.5, 0.6) is 0 Å². The molecule has 1 aromatic rings. The summed E-state index contributed by atoms with van der Waals surface area (Å²) in [6.45, 7) is 6.91. The number of nitrogens with one attached hydrogen (secondary N) is 1. The van der Waals surface area contributed by atoms with Crippen LogP contribution in [0.1, 0.15) is 63.9 Å². The molecule has 1 N–H and O–H groups in total. The van der Waals surface area contributed by atoms with E-state index < -0.39 is 10.0 Å². The van der Waals surface area contributed by atoms with E-state index in [0.29, 0.717) is 17.4 Å². The van der Waals surface area contributed by atoms with Gasteiger partial charge in [0.2, 0.25) is 10.0 Å². The van der Waals surface area contributed by atoms with E-state index in [0.717, 1.165) is 30.6 Å². The first kappa shape index (κ1) is 19.6. The van der Waals surface area contributed by atoms with Gasteiger partial charge in [0.25, 0.3) is 0 Å². The Morgan fingerprint density at radius 3 is 2.59 bits per heavy atom. The van der Waals surface area contributed by atoms with E-state index >= 15 is 0 Å². The Kier molecular flexibility index (Phi) is 8.61. The first-order valence-corrected chi connectivity index (χ1v) is 10.4. The number of unbranched alkanes of at least 4 members (excludes halogenated alkanes) is 2. The number of methoxy groups -OCH3 is 1. The normalized spacial score (nSPS) is 13.7. The van der Waals surface area contributed by atoms with Gasteiger partial charge in [-0.1, -0.05) is 40.0 Å². The average molecular weight is 348 g/mol. The summed E-state index contributed by atoms with van der Waals surface area (Å²) >= 11 is 1.44. The van der Waals surface area contributed by atoms with E-state index in [4.69, 9.17) is 4.74 Å². The van der Waals surface area contributed by atoms with E-state index in [1.165, 1.54) is 17.8 Å². The highest BCUT2D eigenvalue weighted by Crippen LogP contribution is 2.31. The van der Waals surface area contributed by atoms with Crippen LogP contribution >= 0.6 is 11.3 Å². The van der Waals surface area contributed by atoms with Crippen molar-refractivity contribution >= 4 is 21.4 Å². The molecule has 0 aromatic carbocycles. The van der Waals surface area contributed by atoms with Crippen LogP contribution in [0.25, 0.3) is 0 Å². The first-order valence-electron chi connectivity index (χ1n) is 8.02. The third-order valence-electron chi connectivity index (χ3n) is 3.64. The SMILES string of the molecule is CCC(OC)c1sccc1S(=O)(=O)NCCCCCC(C)C. The van der Waals surface area contributed by atoms with Gasteiger partial charge in [-0.05, 0) is 30.2 Å². The van der Waals surface area contributed by atoms with Gasteiger partial charge in [0.05, 0.1) is 15.9 Å². The lowest BCUT2D eigenvalue weighted by molar-refractivity contribution is 0.101. The molecule has 4 nitrogen and oxygen atoms in total. The number of hydrogen-bond acceptors (Lipinski definition) is 4. The number of sulfonamides is 1. The van der Waals surface area contributed by atoms with Crippen LogP contribution < -0.4 is 4.72 Å². The summed E-state index contributed by atoms with van der Waals surface area (Å²) in [6.07, 6.45) is 4.91. The maximum Gasteiger partial charge on any atom is 0.241 e. The first-order chi connectivity index (χ1) is 10.4. The summed E-state index contributed by atoms with van der Waals surface area (Å²) in [6, 6.07) is 1.67. The topological polar surface area (TPSA) is 55.4 Å². The van der Waals surface area contributed by atoms with Gasteiger partial charge in [-0.3, -0.25) is 0 Å². The molecule has 0 aliphatic carbocycles. The molecular weight excluding hydrogens is 318 g/mol. The minimum atomic E-state index is -3.44. The number of thiophene rings is 1. The van der Waals surface area contributed by atoms with Crippen LogP contribution in [0.4, 0.5) is 0 Å². The molecule has 0 amide bonds. The second-order valence-electron chi connectivity index (χ2n) is 5.92. The molecule has 0 radical (unpaired) electrons. The molecule has 0 bridgehead atoms. The standard InChI is InChI=1S/C16H29NO3S2/c1-5-14(20-4)16-15(10-12-21-16)22(18,19)17-11-8-6-7-9-13(2)3/h10,12-14,17H,5-9,11H2,1-4H3. The van der Waals surface area contributed by atoms with Crippen LogP contribution in [-0.2, 0) is 14.8 Å². The highest BCUT2D eigenvalue weighted by Gasteiger charge is 2.23. The molecule has 1 unspecified atom stereocenters. The van der Waals surface area contributed by atoms with Crippen LogP contribution in [0, 0.1) is 5.92 Å². The van der Waals surface area contributed by atoms with Gasteiger partial charge in [0.1, 0.15) is 0 Å². The summed E-state index contributed by atoms with van der Waals surface area (Å²) in [7, 11) is -1.82. The molecule has 0 fully saturated rings. The van der Waals surface area contributed by atoms with E-state index in [1.54, 1.807) is 13.2 Å². The fraction of sp³-hybridized carbons (Fsp3) is 0.750. The highest BCUT2D eigenvalue weighted by atomic mass is 32.2. The van der Waals surface area contributed by atoms with Crippen LogP contribution in [-0.4, -0.2) is 22.1 Å². The van der Waals surface area contributed by atoms with Gasteiger partial charge in [0, 0.05) is 13.7 Å². The molecule has 0 saturated carbocycles. The molecule has 0 spiro atoms. The van der Waals surface area contributed by atoms with Gasteiger partial charge < -0.3 is 4.74 Å². The van der Waals surface area contributed by atoms with Gasteiger partial charge in [-0.2, -0.15) is 0 Å². The molecule has 1 rings (SSSR count). The van der Waals surface area contributed by atoms with E-state index in [1.807, 2.05) is 12.3 Å². The van der Waals surface area contributed by atoms with Crippen molar-refractivity contribution in [3.05, 3.63) is 16.3 Å². The molecular formula is C16H29NO3S2. The second kappa shape index (κ2) is 9.65. The summed E-state index contributed by atoms with van der Waals surface area (Å²) in [4.78, 5) is 1.16. The monoisotopic (exact) mass is 347 g/mol. The lowest BCUT2D eigenvalue weighted by atomic mass is 10.1. The largest absolute Gasteiger partial charge is 0.376 e. The zero-order valence-corrected chi connectivity index (χ0v) is 15.7. The number of rotatable bonds is 11. The van der Waals surface area contributed by atoms with Gasteiger partial charge in [-0.25, -0.2) is 13.1 Å². The fourth-order valence-corrected chi connectivity index (χ4v) is 5.08. The van der Waals surface area contributed by atoms with Crippen molar-refractivity contribution in [1.29, 1.82) is 0 Å². The molecule has 1 atom stereocenters. The minimum Gasteiger partial charge on any atom is -0.376 e. The third kappa shape index (κ3) is 5.99. The van der Waals surface area contributed by atoms with Crippen molar-refractivity contribution in [2.75, 3.05) is 13.7 Å². The Morgan fingerprint density at radius 2 is 2.00 bits per heavy atom. The van der Waals surface area contributed by atoms with E-state index in [9.17, 15) is 8.42 Å². The summed E-state index contributed by atoms with van der Waals surface area (Å²) in [5.41, 5.74) is 0. The van der Waals surface area contributed by atoms with Crippen LogP contribution in [0.3, 0.4) is 0 Å². The number of ether oxygens (including phenoxy) is 1. The molecule has 128 valence electrons. The van der Waals surface area contributed by atoms with Crippen LogP contribution in [0.15, 0.2) is 16.3 Å². The van der Waals surface area contributed by atoms with E-state index in [2.05, 4.69) is 18.6 Å². The predicted octanol–water partition coefficient (Wildman–Crippen LogP) is 4.34. The number of hydrogen-bond donors (Lipinski definition) is 1. The Morgan fingerprint density at radius 1 is 1.27 bits per heavy atom. The Labute approximate surface area is 139 Å². The second-order valence-corrected chi connectivity index (χ2v) is 8.61. The molecule has 1 heterocycles. The van der Waals surface area contributed by atoms with Crippen molar-refractivity contribution in [3.63, 3.8) is 0 Å². The quantitative estimate of drug-likeness (QED) is 0.606. The Hall–Kier alpha value is -0.430. The summed E-state index contributed by atoms with van der Waals surface area (Å²) in [5.74, 6) is 0.713. The smallest absolute Gasteiger partial charge is 0.241 e. The van der Waals surface area contributed by atoms with E-state index in [-0.39, 0.29) is 6.10 Å². The van der Waals surface area contributed by atoms with Crippen molar-refractivity contribution in [1.82, 2.24) is 4.72 Å². The zero-order chi connectivity index (χ0) is 16.6. The van der Waals surface area contributed by atoms with Crippen molar-refractivity contribution in [2.24, 2.45) is 5.92 Å². The summed E-state index contributed by atoms with van der Waals surface area (Å²) in [5, 5.41) is 1.81. The molecule has 0 aliphatic rings. The zero-order valence-electron chi connectivity index (χ0n) is 14.1. The third-order valence-corrected chi connectivity index (χ3v) is 6.30. The summed E-state index contributed by atoms with van der Waals surface area (Å²) < 4.78 is 33.0. The maximum atomic E-state index is 12.4. The minimum absolute atomic E-state index is 0.155. The van der Waals surface area contributed by atoms with Gasteiger partial charge in [-0.15, -0.1) is 11.3 Å². The van der Waals surface area contributed by atoms with Crippen LogP contribution in [0.2, 0.25) is 0 Å². The lowest BCUT2D eigenvalue weighted by Crippen LogP contribution is -2.25. The fourth-order valence-electron chi connectivity index (χ4n) is 2.36.